The molecule has 2 amide bonds. The number of hydrogen-bond donors (Lipinski definition) is 3. The smallest absolute Gasteiger partial charge is 0.276 e. The van der Waals surface area contributed by atoms with Gasteiger partial charge in [-0.1, -0.05) is 35.7 Å². The van der Waals surface area contributed by atoms with Crippen molar-refractivity contribution in [3.05, 3.63) is 58.6 Å². The summed E-state index contributed by atoms with van der Waals surface area (Å²) in [6, 6.07) is 13.9. The van der Waals surface area contributed by atoms with Gasteiger partial charge in [0.2, 0.25) is 0 Å². The third-order valence-corrected chi connectivity index (χ3v) is 4.59. The van der Waals surface area contributed by atoms with Crippen molar-refractivity contribution in [2.75, 3.05) is 13.2 Å². The summed E-state index contributed by atoms with van der Waals surface area (Å²) in [4.78, 5) is 24.0. The van der Waals surface area contributed by atoms with E-state index in [0.717, 1.165) is 23.7 Å². The minimum Gasteiger partial charge on any atom is -0.494 e. The fourth-order valence-electron chi connectivity index (χ4n) is 2.29. The van der Waals surface area contributed by atoms with E-state index in [4.69, 9.17) is 21.7 Å². The van der Waals surface area contributed by atoms with Crippen molar-refractivity contribution < 1.29 is 19.1 Å². The first-order chi connectivity index (χ1) is 14.5. The van der Waals surface area contributed by atoms with E-state index in [9.17, 15) is 9.59 Å². The number of hydrazine groups is 1. The SMILES string of the molecule is CCCCCOc1ccc(C(=O)NC(=S)NNC(=O)COc2ccc(Br)cc2)cc1. The number of hydrogen-bond acceptors (Lipinski definition) is 5. The Morgan fingerprint density at radius 2 is 1.57 bits per heavy atom. The lowest BCUT2D eigenvalue weighted by molar-refractivity contribution is -0.123. The van der Waals surface area contributed by atoms with Crippen LogP contribution in [-0.2, 0) is 4.79 Å². The quantitative estimate of drug-likeness (QED) is 0.280. The molecule has 30 heavy (non-hydrogen) atoms. The summed E-state index contributed by atoms with van der Waals surface area (Å²) in [5.41, 5.74) is 5.25. The first-order valence-electron chi connectivity index (χ1n) is 9.49. The van der Waals surface area contributed by atoms with Gasteiger partial charge in [-0.05, 0) is 67.2 Å². The number of carbonyl (C=O) groups excluding carboxylic acids is 2. The lowest BCUT2D eigenvalue weighted by Gasteiger charge is -2.12. The van der Waals surface area contributed by atoms with E-state index < -0.39 is 11.8 Å². The van der Waals surface area contributed by atoms with Gasteiger partial charge in [0, 0.05) is 10.0 Å². The van der Waals surface area contributed by atoms with Gasteiger partial charge in [-0.15, -0.1) is 0 Å². The van der Waals surface area contributed by atoms with Crippen LogP contribution in [0.3, 0.4) is 0 Å². The second kappa shape index (κ2) is 12.8. The zero-order valence-corrected chi connectivity index (χ0v) is 19.0. The van der Waals surface area contributed by atoms with Crippen molar-refractivity contribution in [1.82, 2.24) is 16.2 Å². The molecule has 7 nitrogen and oxygen atoms in total. The molecule has 0 saturated heterocycles. The number of rotatable bonds is 9. The summed E-state index contributed by atoms with van der Waals surface area (Å²) < 4.78 is 11.9. The van der Waals surface area contributed by atoms with Crippen LogP contribution in [0, 0.1) is 0 Å². The maximum Gasteiger partial charge on any atom is 0.276 e. The molecule has 2 aromatic rings. The Hall–Kier alpha value is -2.65. The average Bonchev–Trinajstić information content (AvgIpc) is 2.75. The molecule has 0 atom stereocenters. The number of halogens is 1. The lowest BCUT2D eigenvalue weighted by Crippen LogP contribution is -2.49. The molecule has 0 saturated carbocycles. The van der Waals surface area contributed by atoms with Gasteiger partial charge in [0.1, 0.15) is 11.5 Å². The Balaban J connectivity index is 1.68. The van der Waals surface area contributed by atoms with E-state index in [1.807, 2.05) is 0 Å². The minimum absolute atomic E-state index is 0.0307. The van der Waals surface area contributed by atoms with Crippen molar-refractivity contribution in [3.63, 3.8) is 0 Å². The predicted molar refractivity (Wildman–Crippen MR) is 122 cm³/mol. The van der Waals surface area contributed by atoms with Crippen LogP contribution in [0.2, 0.25) is 0 Å². The number of unbranched alkanes of at least 4 members (excludes halogenated alkanes) is 2. The first kappa shape index (κ1) is 23.6. The lowest BCUT2D eigenvalue weighted by atomic mass is 10.2. The van der Waals surface area contributed by atoms with Crippen LogP contribution in [0.15, 0.2) is 53.0 Å². The second-order valence-corrected chi connectivity index (χ2v) is 7.60. The van der Waals surface area contributed by atoms with Gasteiger partial charge < -0.3 is 9.47 Å². The highest BCUT2D eigenvalue weighted by Crippen LogP contribution is 2.16. The van der Waals surface area contributed by atoms with Gasteiger partial charge in [0.25, 0.3) is 11.8 Å². The average molecular weight is 494 g/mol. The van der Waals surface area contributed by atoms with Crippen LogP contribution in [0.1, 0.15) is 36.5 Å². The van der Waals surface area contributed by atoms with Crippen molar-refractivity contribution >= 4 is 45.1 Å². The van der Waals surface area contributed by atoms with Crippen molar-refractivity contribution in [2.24, 2.45) is 0 Å². The standard InChI is InChI=1S/C21H24BrN3O4S/c1-2-3-4-13-28-17-9-5-15(6-10-17)20(27)23-21(30)25-24-19(26)14-29-18-11-7-16(22)8-12-18/h5-12H,2-4,13-14H2,1H3,(H,24,26)(H2,23,25,27,30). The largest absolute Gasteiger partial charge is 0.494 e. The molecule has 9 heteroatoms. The van der Waals surface area contributed by atoms with E-state index in [2.05, 4.69) is 39.0 Å². The molecule has 0 unspecified atom stereocenters. The normalized spacial score (nSPS) is 10.1. The van der Waals surface area contributed by atoms with Crippen LogP contribution < -0.4 is 25.6 Å². The van der Waals surface area contributed by atoms with Crippen LogP contribution in [0.25, 0.3) is 0 Å². The highest BCUT2D eigenvalue weighted by atomic mass is 79.9. The molecule has 0 fully saturated rings. The molecule has 0 aliphatic carbocycles. The van der Waals surface area contributed by atoms with Gasteiger partial charge in [-0.25, -0.2) is 0 Å². The van der Waals surface area contributed by atoms with Crippen LogP contribution in [-0.4, -0.2) is 30.1 Å². The van der Waals surface area contributed by atoms with Gasteiger partial charge in [-0.2, -0.15) is 0 Å². The molecular formula is C21H24BrN3O4S. The molecule has 0 aromatic heterocycles. The molecule has 0 spiro atoms. The summed E-state index contributed by atoms with van der Waals surface area (Å²) in [6.45, 7) is 2.58. The fraction of sp³-hybridized carbons (Fsp3) is 0.286. The van der Waals surface area contributed by atoms with E-state index >= 15 is 0 Å². The fourth-order valence-corrected chi connectivity index (χ4v) is 2.70. The molecule has 0 heterocycles. The monoisotopic (exact) mass is 493 g/mol. The molecule has 0 aliphatic rings. The molecule has 0 aliphatic heterocycles. The van der Waals surface area contributed by atoms with Crippen LogP contribution in [0.4, 0.5) is 0 Å². The summed E-state index contributed by atoms with van der Waals surface area (Å²) in [6.07, 6.45) is 3.26. The maximum atomic E-state index is 12.2. The van der Waals surface area contributed by atoms with Crippen molar-refractivity contribution in [1.29, 1.82) is 0 Å². The topological polar surface area (TPSA) is 88.7 Å². The molecule has 160 valence electrons. The Morgan fingerprint density at radius 1 is 0.933 bits per heavy atom. The Bertz CT molecular complexity index is 844. The summed E-state index contributed by atoms with van der Waals surface area (Å²) in [5, 5.41) is 2.46. The summed E-state index contributed by atoms with van der Waals surface area (Å²) >= 11 is 8.34. The zero-order chi connectivity index (χ0) is 21.8. The third kappa shape index (κ3) is 8.79. The predicted octanol–water partition coefficient (Wildman–Crippen LogP) is 3.73. The summed E-state index contributed by atoms with van der Waals surface area (Å²) in [7, 11) is 0. The number of thiocarbonyl (C=S) groups is 1. The van der Waals surface area contributed by atoms with Crippen molar-refractivity contribution in [2.45, 2.75) is 26.2 Å². The van der Waals surface area contributed by atoms with E-state index in [-0.39, 0.29) is 11.7 Å². The Kier molecular flexibility index (Phi) is 10.1. The number of benzene rings is 2. The zero-order valence-electron chi connectivity index (χ0n) is 16.6. The van der Waals surface area contributed by atoms with Gasteiger partial charge in [0.15, 0.2) is 11.7 Å². The van der Waals surface area contributed by atoms with E-state index in [1.165, 1.54) is 0 Å². The number of carbonyl (C=O) groups is 2. The highest BCUT2D eigenvalue weighted by molar-refractivity contribution is 9.10. The minimum atomic E-state index is -0.445. The Labute approximate surface area is 189 Å². The third-order valence-electron chi connectivity index (χ3n) is 3.86. The van der Waals surface area contributed by atoms with Gasteiger partial charge in [-0.3, -0.25) is 25.8 Å². The summed E-state index contributed by atoms with van der Waals surface area (Å²) in [5.74, 6) is 0.424. The number of ether oxygens (including phenoxy) is 2. The first-order valence-corrected chi connectivity index (χ1v) is 10.7. The second-order valence-electron chi connectivity index (χ2n) is 6.28. The van der Waals surface area contributed by atoms with Crippen molar-refractivity contribution in [3.8, 4) is 11.5 Å². The molecule has 0 radical (unpaired) electrons. The van der Waals surface area contributed by atoms with E-state index in [1.54, 1.807) is 48.5 Å². The van der Waals surface area contributed by atoms with Gasteiger partial charge >= 0.3 is 0 Å². The number of amides is 2. The molecule has 0 bridgehead atoms. The molecule has 2 aromatic carbocycles. The number of nitrogens with one attached hydrogen (secondary N) is 3. The molecule has 2 rings (SSSR count). The highest BCUT2D eigenvalue weighted by Gasteiger charge is 2.09. The molecule has 3 N–H and O–H groups in total. The molecular weight excluding hydrogens is 470 g/mol. The van der Waals surface area contributed by atoms with Crippen LogP contribution >= 0.6 is 28.1 Å². The van der Waals surface area contributed by atoms with Crippen LogP contribution in [0.5, 0.6) is 11.5 Å². The van der Waals surface area contributed by atoms with E-state index in [0.29, 0.717) is 23.7 Å². The Morgan fingerprint density at radius 3 is 2.23 bits per heavy atom. The maximum absolute atomic E-state index is 12.2. The van der Waals surface area contributed by atoms with Gasteiger partial charge in [0.05, 0.1) is 6.61 Å².